The highest BCUT2D eigenvalue weighted by molar-refractivity contribution is 6.42. The first-order valence-electron chi connectivity index (χ1n) is 9.39. The first kappa shape index (κ1) is 22.3. The molecule has 0 saturated carbocycles. The number of carbonyl (C=O) groups excluding carboxylic acids is 2. The minimum atomic E-state index is -0.619. The van der Waals surface area contributed by atoms with Gasteiger partial charge in [-0.1, -0.05) is 66.5 Å². The van der Waals surface area contributed by atoms with Gasteiger partial charge in [0.15, 0.2) is 0 Å². The molecule has 2 rings (SSSR count). The van der Waals surface area contributed by atoms with Gasteiger partial charge in [0.25, 0.3) is 0 Å². The minimum absolute atomic E-state index is 0.0191. The number of carbonyl (C=O) groups is 2. The monoisotopic (exact) mass is 420 g/mol. The lowest BCUT2D eigenvalue weighted by Crippen LogP contribution is -2.51. The van der Waals surface area contributed by atoms with Crippen LogP contribution in [-0.4, -0.2) is 28.8 Å². The van der Waals surface area contributed by atoms with Crippen LogP contribution < -0.4 is 5.32 Å². The molecule has 0 aromatic heterocycles. The number of halogens is 2. The lowest BCUT2D eigenvalue weighted by molar-refractivity contribution is -0.141. The highest BCUT2D eigenvalue weighted by atomic mass is 35.5. The molecule has 0 unspecified atom stereocenters. The summed E-state index contributed by atoms with van der Waals surface area (Å²) in [6, 6.07) is 14.3. The molecular weight excluding hydrogens is 395 g/mol. The Kier molecular flexibility index (Phi) is 8.34. The van der Waals surface area contributed by atoms with Crippen LogP contribution >= 0.6 is 23.2 Å². The van der Waals surface area contributed by atoms with Crippen molar-refractivity contribution in [2.45, 2.75) is 52.2 Å². The maximum atomic E-state index is 13.0. The number of nitrogens with one attached hydrogen (secondary N) is 1. The summed E-state index contributed by atoms with van der Waals surface area (Å²) in [6.07, 6.45) is 0.744. The number of benzene rings is 2. The number of rotatable bonds is 8. The minimum Gasteiger partial charge on any atom is -0.352 e. The van der Waals surface area contributed by atoms with E-state index in [2.05, 4.69) is 5.32 Å². The molecule has 0 aliphatic heterocycles. The molecule has 0 heterocycles. The molecule has 0 aliphatic carbocycles. The quantitative estimate of drug-likeness (QED) is 0.661. The van der Waals surface area contributed by atoms with Crippen molar-refractivity contribution in [2.75, 3.05) is 0 Å². The number of hydrogen-bond donors (Lipinski definition) is 1. The molecule has 2 aromatic rings. The lowest BCUT2D eigenvalue weighted by Gasteiger charge is -2.32. The van der Waals surface area contributed by atoms with Gasteiger partial charge in [-0.15, -0.1) is 0 Å². The Bertz CT molecular complexity index is 809. The standard InChI is InChI=1S/C22H26Cl2N2O2/c1-4-21(27)26(14-17-10-11-18(23)19(24)12-17)20(22(28)25-15(2)3)13-16-8-6-5-7-9-16/h5-12,15,20H,4,13-14H2,1-3H3,(H,25,28)/t20-/m1/s1. The van der Waals surface area contributed by atoms with Gasteiger partial charge in [-0.2, -0.15) is 0 Å². The van der Waals surface area contributed by atoms with Crippen molar-refractivity contribution < 1.29 is 9.59 Å². The maximum Gasteiger partial charge on any atom is 0.243 e. The Balaban J connectivity index is 2.37. The summed E-state index contributed by atoms with van der Waals surface area (Å²) in [6.45, 7) is 5.89. The molecule has 1 N–H and O–H groups in total. The predicted molar refractivity (Wildman–Crippen MR) is 115 cm³/mol. The molecule has 6 heteroatoms. The van der Waals surface area contributed by atoms with Crippen LogP contribution in [0.1, 0.15) is 38.3 Å². The van der Waals surface area contributed by atoms with Gasteiger partial charge in [-0.3, -0.25) is 9.59 Å². The zero-order valence-electron chi connectivity index (χ0n) is 16.4. The van der Waals surface area contributed by atoms with Gasteiger partial charge in [0, 0.05) is 25.4 Å². The van der Waals surface area contributed by atoms with Crippen LogP contribution in [0.3, 0.4) is 0 Å². The van der Waals surface area contributed by atoms with Crippen LogP contribution in [-0.2, 0) is 22.6 Å². The first-order chi connectivity index (χ1) is 13.3. The molecule has 2 amide bonds. The molecule has 150 valence electrons. The second-order valence-electron chi connectivity index (χ2n) is 6.99. The molecule has 0 spiro atoms. The van der Waals surface area contributed by atoms with E-state index >= 15 is 0 Å². The maximum absolute atomic E-state index is 13.0. The van der Waals surface area contributed by atoms with Crippen molar-refractivity contribution in [1.82, 2.24) is 10.2 Å². The van der Waals surface area contributed by atoms with E-state index in [-0.39, 0.29) is 24.4 Å². The fourth-order valence-electron chi connectivity index (χ4n) is 2.97. The largest absolute Gasteiger partial charge is 0.352 e. The molecule has 28 heavy (non-hydrogen) atoms. The van der Waals surface area contributed by atoms with Crippen LogP contribution in [0.15, 0.2) is 48.5 Å². The topological polar surface area (TPSA) is 49.4 Å². The third-order valence-electron chi connectivity index (χ3n) is 4.34. The zero-order chi connectivity index (χ0) is 20.7. The van der Waals surface area contributed by atoms with E-state index in [1.54, 1.807) is 24.0 Å². The summed E-state index contributed by atoms with van der Waals surface area (Å²) in [5, 5.41) is 3.83. The highest BCUT2D eigenvalue weighted by Gasteiger charge is 2.30. The average molecular weight is 421 g/mol. The summed E-state index contributed by atoms with van der Waals surface area (Å²) in [7, 11) is 0. The predicted octanol–water partition coefficient (Wildman–Crippen LogP) is 4.87. The Morgan fingerprint density at radius 2 is 1.68 bits per heavy atom. The first-order valence-corrected chi connectivity index (χ1v) is 10.1. The molecule has 0 bridgehead atoms. The Morgan fingerprint density at radius 3 is 2.25 bits per heavy atom. The van der Waals surface area contributed by atoms with Gasteiger partial charge in [0.2, 0.25) is 11.8 Å². The third kappa shape index (κ3) is 6.25. The number of amides is 2. The molecule has 0 fully saturated rings. The van der Waals surface area contributed by atoms with Crippen molar-refractivity contribution in [2.24, 2.45) is 0 Å². The van der Waals surface area contributed by atoms with Crippen LogP contribution in [0.4, 0.5) is 0 Å². The fraction of sp³-hybridized carbons (Fsp3) is 0.364. The number of nitrogens with zero attached hydrogens (tertiary/aromatic N) is 1. The van der Waals surface area contributed by atoms with Crippen molar-refractivity contribution in [1.29, 1.82) is 0 Å². The molecular formula is C22H26Cl2N2O2. The van der Waals surface area contributed by atoms with Crippen LogP contribution in [0.5, 0.6) is 0 Å². The Labute approximate surface area is 176 Å². The normalized spacial score (nSPS) is 11.9. The van der Waals surface area contributed by atoms with E-state index in [0.717, 1.165) is 11.1 Å². The lowest BCUT2D eigenvalue weighted by atomic mass is 10.0. The average Bonchev–Trinajstić information content (AvgIpc) is 2.67. The zero-order valence-corrected chi connectivity index (χ0v) is 17.9. The van der Waals surface area contributed by atoms with Gasteiger partial charge in [-0.05, 0) is 37.1 Å². The summed E-state index contributed by atoms with van der Waals surface area (Å²) in [4.78, 5) is 27.4. The van der Waals surface area contributed by atoms with Crippen molar-refractivity contribution >= 4 is 35.0 Å². The van der Waals surface area contributed by atoms with Crippen molar-refractivity contribution in [3.8, 4) is 0 Å². The molecule has 0 radical (unpaired) electrons. The fourth-order valence-corrected chi connectivity index (χ4v) is 3.29. The van der Waals surface area contributed by atoms with Crippen LogP contribution in [0.25, 0.3) is 0 Å². The summed E-state index contributed by atoms with van der Waals surface area (Å²) in [5.41, 5.74) is 1.82. The highest BCUT2D eigenvalue weighted by Crippen LogP contribution is 2.24. The second kappa shape index (κ2) is 10.5. The molecule has 4 nitrogen and oxygen atoms in total. The molecule has 1 atom stereocenters. The smallest absolute Gasteiger partial charge is 0.243 e. The molecule has 0 aliphatic rings. The van der Waals surface area contributed by atoms with Gasteiger partial charge >= 0.3 is 0 Å². The second-order valence-corrected chi connectivity index (χ2v) is 7.81. The number of hydrogen-bond acceptors (Lipinski definition) is 2. The van der Waals surface area contributed by atoms with Crippen LogP contribution in [0.2, 0.25) is 10.0 Å². The molecule has 0 saturated heterocycles. The molecule has 2 aromatic carbocycles. The van der Waals surface area contributed by atoms with Crippen molar-refractivity contribution in [3.05, 3.63) is 69.7 Å². The van der Waals surface area contributed by atoms with E-state index < -0.39 is 6.04 Å². The summed E-state index contributed by atoms with van der Waals surface area (Å²) < 4.78 is 0. The third-order valence-corrected chi connectivity index (χ3v) is 5.08. The Hall–Kier alpha value is -2.04. The van der Waals surface area contributed by atoms with Gasteiger partial charge in [0.05, 0.1) is 10.0 Å². The van der Waals surface area contributed by atoms with Gasteiger partial charge < -0.3 is 10.2 Å². The van der Waals surface area contributed by atoms with Gasteiger partial charge in [0.1, 0.15) is 6.04 Å². The van der Waals surface area contributed by atoms with E-state index in [1.165, 1.54) is 0 Å². The SMILES string of the molecule is CCC(=O)N(Cc1ccc(Cl)c(Cl)c1)[C@H](Cc1ccccc1)C(=O)NC(C)C. The van der Waals surface area contributed by atoms with E-state index in [1.807, 2.05) is 50.2 Å². The van der Waals surface area contributed by atoms with E-state index in [4.69, 9.17) is 23.2 Å². The summed E-state index contributed by atoms with van der Waals surface area (Å²) in [5.74, 6) is -0.258. The van der Waals surface area contributed by atoms with Crippen LogP contribution in [0, 0.1) is 0 Å². The van der Waals surface area contributed by atoms with Crippen molar-refractivity contribution in [3.63, 3.8) is 0 Å². The van der Waals surface area contributed by atoms with E-state index in [0.29, 0.717) is 22.9 Å². The van der Waals surface area contributed by atoms with Gasteiger partial charge in [-0.25, -0.2) is 0 Å². The van der Waals surface area contributed by atoms with E-state index in [9.17, 15) is 9.59 Å². The summed E-state index contributed by atoms with van der Waals surface area (Å²) >= 11 is 12.1. The Morgan fingerprint density at radius 1 is 1.00 bits per heavy atom.